The smallest absolute Gasteiger partial charge is 0.252 e. The van der Waals surface area contributed by atoms with Crippen LogP contribution in [0.1, 0.15) is 23.2 Å². The highest BCUT2D eigenvalue weighted by Gasteiger charge is 2.29. The lowest BCUT2D eigenvalue weighted by molar-refractivity contribution is -0.122. The molecule has 0 radical (unpaired) electrons. The number of nitrogens with one attached hydrogen (secondary N) is 2. The van der Waals surface area contributed by atoms with Gasteiger partial charge in [0.1, 0.15) is 0 Å². The molecule has 0 atom stereocenters. The number of nitrogens with zero attached hydrogens (tertiary/aromatic N) is 1. The van der Waals surface area contributed by atoms with Gasteiger partial charge in [0.15, 0.2) is 0 Å². The lowest BCUT2D eigenvalue weighted by Gasteiger charge is -2.10. The molecule has 2 N–H and O–H groups in total. The van der Waals surface area contributed by atoms with Crippen molar-refractivity contribution in [1.82, 2.24) is 15.6 Å². The summed E-state index contributed by atoms with van der Waals surface area (Å²) in [5.41, 5.74) is 2.20. The summed E-state index contributed by atoms with van der Waals surface area (Å²) in [7, 11) is 0. The molecule has 0 aliphatic heterocycles. The van der Waals surface area contributed by atoms with Gasteiger partial charge in [0.2, 0.25) is 5.91 Å². The van der Waals surface area contributed by atoms with Crippen LogP contribution in [0.4, 0.5) is 0 Å². The molecule has 0 saturated heterocycles. The number of hydrogen-bond acceptors (Lipinski definition) is 4. The molecule has 1 aliphatic carbocycles. The number of benzene rings is 1. The van der Waals surface area contributed by atoms with Gasteiger partial charge in [-0.3, -0.25) is 9.59 Å². The van der Waals surface area contributed by atoms with Crippen molar-refractivity contribution in [3.63, 3.8) is 0 Å². The number of thiophene rings is 1. The Hall–Kier alpha value is -2.73. The number of amides is 2. The summed E-state index contributed by atoms with van der Waals surface area (Å²) in [6.07, 6.45) is 1.96. The van der Waals surface area contributed by atoms with Gasteiger partial charge in [-0.25, -0.2) is 4.98 Å². The Labute approximate surface area is 155 Å². The summed E-state index contributed by atoms with van der Waals surface area (Å²) >= 11 is 1.60. The Morgan fingerprint density at radius 1 is 1.08 bits per heavy atom. The molecular weight excluding hydrogens is 346 g/mol. The van der Waals surface area contributed by atoms with E-state index < -0.39 is 0 Å². The Kier molecular flexibility index (Phi) is 4.67. The van der Waals surface area contributed by atoms with Crippen LogP contribution in [0.5, 0.6) is 0 Å². The Bertz CT molecular complexity index is 949. The Balaban J connectivity index is 1.52. The van der Waals surface area contributed by atoms with Crippen molar-refractivity contribution in [2.75, 3.05) is 13.1 Å². The summed E-state index contributed by atoms with van der Waals surface area (Å²) in [5, 5.41) is 8.58. The molecule has 0 unspecified atom stereocenters. The number of pyridine rings is 1. The highest BCUT2D eigenvalue weighted by molar-refractivity contribution is 7.13. The summed E-state index contributed by atoms with van der Waals surface area (Å²) in [4.78, 5) is 30.1. The van der Waals surface area contributed by atoms with Gasteiger partial charge in [-0.05, 0) is 36.4 Å². The van der Waals surface area contributed by atoms with Gasteiger partial charge < -0.3 is 10.6 Å². The van der Waals surface area contributed by atoms with E-state index in [1.807, 2.05) is 47.8 Å². The maximum absolute atomic E-state index is 12.7. The highest BCUT2D eigenvalue weighted by Crippen LogP contribution is 2.29. The molecule has 1 saturated carbocycles. The lowest BCUT2D eigenvalue weighted by atomic mass is 10.1. The zero-order valence-electron chi connectivity index (χ0n) is 14.2. The van der Waals surface area contributed by atoms with Crippen LogP contribution in [-0.4, -0.2) is 29.9 Å². The topological polar surface area (TPSA) is 71.1 Å². The predicted molar refractivity (Wildman–Crippen MR) is 103 cm³/mol. The van der Waals surface area contributed by atoms with Crippen LogP contribution in [-0.2, 0) is 4.79 Å². The molecule has 0 bridgehead atoms. The molecule has 1 fully saturated rings. The van der Waals surface area contributed by atoms with Crippen LogP contribution in [0.15, 0.2) is 47.8 Å². The van der Waals surface area contributed by atoms with E-state index >= 15 is 0 Å². The maximum atomic E-state index is 12.7. The van der Waals surface area contributed by atoms with E-state index in [0.29, 0.717) is 18.7 Å². The van der Waals surface area contributed by atoms with Crippen LogP contribution in [0.3, 0.4) is 0 Å². The van der Waals surface area contributed by atoms with Crippen LogP contribution in [0, 0.1) is 5.92 Å². The number of hydrogen-bond donors (Lipinski definition) is 2. The second-order valence-corrected chi connectivity index (χ2v) is 7.32. The van der Waals surface area contributed by atoms with Gasteiger partial charge in [0, 0.05) is 24.4 Å². The van der Waals surface area contributed by atoms with E-state index in [4.69, 9.17) is 0 Å². The molecule has 26 heavy (non-hydrogen) atoms. The molecule has 2 amide bonds. The molecule has 1 aromatic carbocycles. The third-order valence-corrected chi connectivity index (χ3v) is 5.28. The van der Waals surface area contributed by atoms with Crippen molar-refractivity contribution in [3.8, 4) is 10.6 Å². The molecule has 2 aromatic heterocycles. The second-order valence-electron chi connectivity index (χ2n) is 6.37. The fraction of sp³-hybridized carbons (Fsp3) is 0.250. The summed E-state index contributed by atoms with van der Waals surface area (Å²) in [6, 6.07) is 13.5. The average molecular weight is 365 g/mol. The Morgan fingerprint density at radius 2 is 1.88 bits per heavy atom. The molecule has 1 aliphatic rings. The van der Waals surface area contributed by atoms with Crippen LogP contribution >= 0.6 is 11.3 Å². The minimum absolute atomic E-state index is 0.0913. The third kappa shape index (κ3) is 3.60. The summed E-state index contributed by atoms with van der Waals surface area (Å²) in [6.45, 7) is 0.851. The molecule has 2 heterocycles. The maximum Gasteiger partial charge on any atom is 0.252 e. The first-order valence-electron chi connectivity index (χ1n) is 8.72. The zero-order chi connectivity index (χ0) is 17.9. The number of fused-ring (bicyclic) bond motifs is 1. The van der Waals surface area contributed by atoms with E-state index in [0.717, 1.165) is 34.3 Å². The molecule has 4 rings (SSSR count). The fourth-order valence-electron chi connectivity index (χ4n) is 2.86. The second kappa shape index (κ2) is 7.25. The monoisotopic (exact) mass is 365 g/mol. The van der Waals surface area contributed by atoms with Crippen molar-refractivity contribution in [2.24, 2.45) is 5.92 Å². The van der Waals surface area contributed by atoms with Crippen molar-refractivity contribution < 1.29 is 9.59 Å². The van der Waals surface area contributed by atoms with Crippen molar-refractivity contribution in [3.05, 3.63) is 53.4 Å². The molecule has 6 heteroatoms. The van der Waals surface area contributed by atoms with Gasteiger partial charge in [-0.15, -0.1) is 11.3 Å². The quantitative estimate of drug-likeness (QED) is 0.659. The normalized spacial score (nSPS) is 13.5. The first-order valence-corrected chi connectivity index (χ1v) is 9.60. The van der Waals surface area contributed by atoms with Crippen LogP contribution in [0.25, 0.3) is 21.5 Å². The lowest BCUT2D eigenvalue weighted by Crippen LogP contribution is -2.35. The molecule has 5 nitrogen and oxygen atoms in total. The number of carbonyl (C=O) groups is 2. The van der Waals surface area contributed by atoms with Crippen molar-refractivity contribution in [1.29, 1.82) is 0 Å². The van der Waals surface area contributed by atoms with E-state index in [1.54, 1.807) is 11.3 Å². The van der Waals surface area contributed by atoms with Crippen LogP contribution < -0.4 is 10.6 Å². The number of aromatic nitrogens is 1. The number of para-hydroxylation sites is 1. The predicted octanol–water partition coefficient (Wildman–Crippen LogP) is 3.22. The first kappa shape index (κ1) is 16.7. The summed E-state index contributed by atoms with van der Waals surface area (Å²) in [5.74, 6) is 0.124. The minimum atomic E-state index is -0.151. The molecule has 132 valence electrons. The molecular formula is C20H19N3O2S. The Morgan fingerprint density at radius 3 is 2.65 bits per heavy atom. The van der Waals surface area contributed by atoms with Crippen LogP contribution in [0.2, 0.25) is 0 Å². The van der Waals surface area contributed by atoms with Crippen molar-refractivity contribution >= 4 is 34.1 Å². The van der Waals surface area contributed by atoms with E-state index in [9.17, 15) is 9.59 Å². The first-order chi connectivity index (χ1) is 12.7. The fourth-order valence-corrected chi connectivity index (χ4v) is 3.55. The SMILES string of the molecule is O=C(NCCNC(=O)C1CC1)c1cc(-c2cccs2)nc2ccccc12. The largest absolute Gasteiger partial charge is 0.354 e. The van der Waals surface area contributed by atoms with E-state index in [2.05, 4.69) is 15.6 Å². The zero-order valence-corrected chi connectivity index (χ0v) is 15.0. The highest BCUT2D eigenvalue weighted by atomic mass is 32.1. The summed E-state index contributed by atoms with van der Waals surface area (Å²) < 4.78 is 0. The number of carbonyl (C=O) groups excluding carboxylic acids is 2. The molecule has 0 spiro atoms. The van der Waals surface area contributed by atoms with Gasteiger partial charge in [0.05, 0.1) is 21.7 Å². The van der Waals surface area contributed by atoms with Gasteiger partial charge in [0.25, 0.3) is 5.91 Å². The van der Waals surface area contributed by atoms with E-state index in [-0.39, 0.29) is 17.7 Å². The standard InChI is InChI=1S/C20H19N3O2S/c24-19(13-7-8-13)21-9-10-22-20(25)15-12-17(18-6-3-11-26-18)23-16-5-2-1-4-14(15)16/h1-6,11-13H,7-10H2,(H,21,24)(H,22,25). The van der Waals surface area contributed by atoms with Gasteiger partial charge in [-0.1, -0.05) is 24.3 Å². The molecule has 3 aromatic rings. The van der Waals surface area contributed by atoms with Gasteiger partial charge in [-0.2, -0.15) is 0 Å². The third-order valence-electron chi connectivity index (χ3n) is 4.39. The van der Waals surface area contributed by atoms with Gasteiger partial charge >= 0.3 is 0 Å². The minimum Gasteiger partial charge on any atom is -0.354 e. The van der Waals surface area contributed by atoms with E-state index in [1.165, 1.54) is 0 Å². The van der Waals surface area contributed by atoms with Crippen molar-refractivity contribution in [2.45, 2.75) is 12.8 Å². The number of rotatable bonds is 6. The average Bonchev–Trinajstić information content (AvgIpc) is 3.38.